The van der Waals surface area contributed by atoms with Crippen LogP contribution >= 0.6 is 0 Å². The molecule has 300 valence electrons. The summed E-state index contributed by atoms with van der Waals surface area (Å²) in [6.07, 6.45) is 5.49. The lowest BCUT2D eigenvalue weighted by molar-refractivity contribution is -0.156. The summed E-state index contributed by atoms with van der Waals surface area (Å²) in [7, 11) is 0. The van der Waals surface area contributed by atoms with E-state index >= 15 is 0 Å². The van der Waals surface area contributed by atoms with E-state index < -0.39 is 65.9 Å². The van der Waals surface area contributed by atoms with E-state index in [0.717, 1.165) is 43.1 Å². The molecule has 3 aromatic rings. The number of likely N-dealkylation sites (tertiary alicyclic amines) is 1. The summed E-state index contributed by atoms with van der Waals surface area (Å²) in [5.41, 5.74) is 6.74. The molecule has 2 aromatic carbocycles. The second-order valence-electron chi connectivity index (χ2n) is 16.8. The molecule has 6 rings (SSSR count). The van der Waals surface area contributed by atoms with Gasteiger partial charge in [-0.25, -0.2) is 4.98 Å². The molecule has 1 saturated carbocycles. The lowest BCUT2D eigenvalue weighted by Gasteiger charge is -2.47. The van der Waals surface area contributed by atoms with Gasteiger partial charge in [0.2, 0.25) is 17.7 Å². The van der Waals surface area contributed by atoms with E-state index in [9.17, 15) is 24.0 Å². The SMILES string of the molecule is CC(C)(C)NC(=O)[C@@H]1C[C@@H]2CCCC[C@@H]2CN1C[C@@H](OC(=O)C1CCCN1)[C@H](Cc1ccccc1)NC(=O)[C@H](CC(N)=O)NC(=O)c1ccc2ccccc2n1. The number of ether oxygens (including phenoxy) is 1. The Kier molecular flexibility index (Phi) is 13.4. The number of aromatic nitrogens is 1. The number of amides is 4. The fourth-order valence-corrected chi connectivity index (χ4v) is 8.48. The Balaban J connectivity index is 1.31. The van der Waals surface area contributed by atoms with Crippen LogP contribution in [0.4, 0.5) is 0 Å². The Morgan fingerprint density at radius 3 is 2.36 bits per heavy atom. The number of nitrogens with two attached hydrogens (primary N) is 1. The standard InChI is InChI=1S/C43H57N7O6/c1-43(2,3)49-41(54)36-23-29-15-7-8-16-30(29)25-50(36)26-37(56-42(55)33-18-11-21-45-33)34(22-27-12-5-4-6-13-27)47-40(53)35(24-38(44)51)48-39(52)32-20-19-28-14-9-10-17-31(28)46-32/h4-6,9-10,12-14,17,19-20,29-30,33-37,45H,7-8,11,15-16,18,21-26H2,1-3H3,(H2,44,51)(H,47,53)(H,48,52)(H,49,54)/t29-,30+,33?,34-,35-,36-,37+/m0/s1. The molecule has 1 aromatic heterocycles. The minimum absolute atomic E-state index is 0.0701. The lowest BCUT2D eigenvalue weighted by Crippen LogP contribution is -2.62. The predicted octanol–water partition coefficient (Wildman–Crippen LogP) is 3.40. The second kappa shape index (κ2) is 18.4. The maximum Gasteiger partial charge on any atom is 0.323 e. The van der Waals surface area contributed by atoms with Crippen molar-refractivity contribution >= 4 is 40.5 Å². The van der Waals surface area contributed by atoms with E-state index in [1.54, 1.807) is 18.2 Å². The zero-order valence-electron chi connectivity index (χ0n) is 32.8. The van der Waals surface area contributed by atoms with E-state index in [0.29, 0.717) is 43.3 Å². The second-order valence-corrected chi connectivity index (χ2v) is 16.8. The van der Waals surface area contributed by atoms with Gasteiger partial charge in [-0.05, 0) is 89.0 Å². The van der Waals surface area contributed by atoms with Gasteiger partial charge in [0.05, 0.1) is 24.0 Å². The van der Waals surface area contributed by atoms with E-state index in [-0.39, 0.29) is 24.6 Å². The van der Waals surface area contributed by atoms with Crippen LogP contribution in [0.1, 0.15) is 88.2 Å². The van der Waals surface area contributed by atoms with Crippen molar-refractivity contribution in [3.8, 4) is 0 Å². The van der Waals surface area contributed by atoms with Crippen LogP contribution in [0, 0.1) is 11.8 Å². The third kappa shape index (κ3) is 10.9. The van der Waals surface area contributed by atoms with Gasteiger partial charge in [0, 0.05) is 24.0 Å². The van der Waals surface area contributed by atoms with Gasteiger partial charge in [0.1, 0.15) is 23.9 Å². The summed E-state index contributed by atoms with van der Waals surface area (Å²) in [5, 5.41) is 13.0. The molecule has 13 nitrogen and oxygen atoms in total. The number of nitrogens with one attached hydrogen (secondary N) is 4. The zero-order valence-corrected chi connectivity index (χ0v) is 32.8. The lowest BCUT2D eigenvalue weighted by atomic mass is 9.72. The van der Waals surface area contributed by atoms with Gasteiger partial charge < -0.3 is 31.7 Å². The highest BCUT2D eigenvalue weighted by molar-refractivity contribution is 5.99. The number of fused-ring (bicyclic) bond motifs is 2. The molecule has 6 N–H and O–H groups in total. The molecule has 56 heavy (non-hydrogen) atoms. The van der Waals surface area contributed by atoms with Crippen molar-refractivity contribution in [2.75, 3.05) is 19.6 Å². The maximum atomic E-state index is 14.3. The van der Waals surface area contributed by atoms with Crippen molar-refractivity contribution in [2.45, 2.75) is 114 Å². The van der Waals surface area contributed by atoms with Gasteiger partial charge >= 0.3 is 5.97 Å². The van der Waals surface area contributed by atoms with E-state index in [1.165, 1.54) is 0 Å². The molecule has 2 aliphatic heterocycles. The van der Waals surface area contributed by atoms with Gasteiger partial charge in [-0.3, -0.25) is 28.9 Å². The molecule has 1 aliphatic carbocycles. The third-order valence-corrected chi connectivity index (χ3v) is 11.3. The Morgan fingerprint density at radius 2 is 1.64 bits per heavy atom. The number of nitrogens with zero attached hydrogens (tertiary/aromatic N) is 2. The molecule has 0 radical (unpaired) electrons. The number of esters is 1. The Hall–Kier alpha value is -4.88. The number of hydrogen-bond donors (Lipinski definition) is 5. The number of carbonyl (C=O) groups excluding carboxylic acids is 5. The molecular weight excluding hydrogens is 711 g/mol. The predicted molar refractivity (Wildman–Crippen MR) is 213 cm³/mol. The van der Waals surface area contributed by atoms with Gasteiger partial charge in [-0.15, -0.1) is 0 Å². The summed E-state index contributed by atoms with van der Waals surface area (Å²) in [6.45, 7) is 7.43. The van der Waals surface area contributed by atoms with Crippen LogP contribution in [0.15, 0.2) is 66.7 Å². The number of rotatable bonds is 14. The van der Waals surface area contributed by atoms with Gasteiger partial charge in [-0.2, -0.15) is 0 Å². The first-order valence-electron chi connectivity index (χ1n) is 20.1. The topological polar surface area (TPSA) is 185 Å². The largest absolute Gasteiger partial charge is 0.458 e. The molecule has 0 spiro atoms. The van der Waals surface area contributed by atoms with Crippen LogP contribution in [0.3, 0.4) is 0 Å². The number of para-hydroxylation sites is 1. The van der Waals surface area contributed by atoms with Crippen LogP contribution in [0.25, 0.3) is 10.9 Å². The van der Waals surface area contributed by atoms with Crippen LogP contribution in [0.2, 0.25) is 0 Å². The summed E-state index contributed by atoms with van der Waals surface area (Å²) >= 11 is 0. The number of piperidine rings is 1. The zero-order chi connectivity index (χ0) is 39.8. The number of carbonyl (C=O) groups is 5. The molecule has 0 bridgehead atoms. The molecule has 3 heterocycles. The van der Waals surface area contributed by atoms with Crippen LogP contribution in [-0.4, -0.2) is 94.9 Å². The molecule has 4 amide bonds. The minimum atomic E-state index is -1.34. The molecule has 2 saturated heterocycles. The number of benzene rings is 2. The van der Waals surface area contributed by atoms with Crippen molar-refractivity contribution in [3.63, 3.8) is 0 Å². The first-order valence-corrected chi connectivity index (χ1v) is 20.1. The Labute approximate surface area is 329 Å². The highest BCUT2D eigenvalue weighted by Gasteiger charge is 2.43. The molecule has 1 unspecified atom stereocenters. The molecule has 3 fully saturated rings. The molecule has 13 heteroatoms. The maximum absolute atomic E-state index is 14.3. The van der Waals surface area contributed by atoms with Gasteiger partial charge in [-0.1, -0.05) is 73.9 Å². The highest BCUT2D eigenvalue weighted by atomic mass is 16.5. The molecule has 7 atom stereocenters. The van der Waals surface area contributed by atoms with Crippen LogP contribution < -0.4 is 27.0 Å². The normalized spacial score (nSPS) is 22.9. The van der Waals surface area contributed by atoms with Crippen molar-refractivity contribution in [3.05, 3.63) is 78.0 Å². The van der Waals surface area contributed by atoms with E-state index in [2.05, 4.69) is 31.2 Å². The van der Waals surface area contributed by atoms with Crippen molar-refractivity contribution < 1.29 is 28.7 Å². The van der Waals surface area contributed by atoms with Gasteiger partial charge in [0.25, 0.3) is 5.91 Å². The summed E-state index contributed by atoms with van der Waals surface area (Å²) < 4.78 is 6.41. The smallest absolute Gasteiger partial charge is 0.323 e. The average molecular weight is 768 g/mol. The summed E-state index contributed by atoms with van der Waals surface area (Å²) in [6, 6.07) is 17.1. The third-order valence-electron chi connectivity index (χ3n) is 11.3. The van der Waals surface area contributed by atoms with Crippen molar-refractivity contribution in [1.82, 2.24) is 31.2 Å². The molecular formula is C43H57N7O6. The fraction of sp³-hybridized carbons (Fsp3) is 0.535. The van der Waals surface area contributed by atoms with Crippen molar-refractivity contribution in [2.24, 2.45) is 17.6 Å². The summed E-state index contributed by atoms with van der Waals surface area (Å²) in [5.74, 6) is -1.76. The first-order chi connectivity index (χ1) is 26.8. The quantitative estimate of drug-likeness (QED) is 0.154. The Bertz CT molecular complexity index is 1860. The van der Waals surface area contributed by atoms with E-state index in [4.69, 9.17) is 10.5 Å². The van der Waals surface area contributed by atoms with Crippen molar-refractivity contribution in [1.29, 1.82) is 0 Å². The fourth-order valence-electron chi connectivity index (χ4n) is 8.48. The highest BCUT2D eigenvalue weighted by Crippen LogP contribution is 2.39. The van der Waals surface area contributed by atoms with E-state index in [1.807, 2.05) is 69.3 Å². The van der Waals surface area contributed by atoms with Crippen LogP contribution in [0.5, 0.6) is 0 Å². The first kappa shape index (κ1) is 40.8. The average Bonchev–Trinajstić information content (AvgIpc) is 3.72. The number of hydrogen-bond acceptors (Lipinski definition) is 9. The van der Waals surface area contributed by atoms with Gasteiger partial charge in [0.15, 0.2) is 0 Å². The minimum Gasteiger partial charge on any atom is -0.458 e. The van der Waals surface area contributed by atoms with Crippen LogP contribution in [-0.2, 0) is 30.3 Å². The number of pyridine rings is 1. The summed E-state index contributed by atoms with van der Waals surface area (Å²) in [4.78, 5) is 74.6. The molecule has 3 aliphatic rings. The number of primary amides is 1. The Morgan fingerprint density at radius 1 is 0.911 bits per heavy atom. The monoisotopic (exact) mass is 767 g/mol.